The summed E-state index contributed by atoms with van der Waals surface area (Å²) in [6, 6.07) is 4.45. The van der Waals surface area contributed by atoms with Gasteiger partial charge in [0, 0.05) is 16.5 Å². The fraction of sp³-hybridized carbons (Fsp3) is 0.538. The smallest absolute Gasteiger partial charge is 0.127 e. The van der Waals surface area contributed by atoms with Crippen LogP contribution >= 0.6 is 15.9 Å². The van der Waals surface area contributed by atoms with Crippen LogP contribution in [0.5, 0.6) is 5.75 Å². The first-order valence-corrected chi connectivity index (χ1v) is 6.67. The minimum absolute atomic E-state index is 0.207. The summed E-state index contributed by atoms with van der Waals surface area (Å²) >= 11 is 3.56. The fourth-order valence-electron chi connectivity index (χ4n) is 2.19. The Bertz CT molecular complexity index is 407. The van der Waals surface area contributed by atoms with E-state index >= 15 is 0 Å². The van der Waals surface area contributed by atoms with E-state index in [1.54, 1.807) is 7.11 Å². The normalized spacial score (nSPS) is 19.0. The van der Waals surface area contributed by atoms with Gasteiger partial charge in [0.1, 0.15) is 5.75 Å². The van der Waals surface area contributed by atoms with Crippen LogP contribution in [0.1, 0.15) is 43.4 Å². The fourth-order valence-corrected chi connectivity index (χ4v) is 2.68. The Morgan fingerprint density at radius 3 is 2.88 bits per heavy atom. The standard InChI is InChI=1S/C13H18BrNO2/c1-8(2)10-6-9(14)7-11-12(15-16-3)4-5-17-13(10)11/h6-8,12,15H,4-5H2,1-3H3. The van der Waals surface area contributed by atoms with E-state index in [2.05, 4.69) is 47.4 Å². The van der Waals surface area contributed by atoms with Gasteiger partial charge in [0.2, 0.25) is 0 Å². The van der Waals surface area contributed by atoms with Gasteiger partial charge in [-0.05, 0) is 23.6 Å². The average Bonchev–Trinajstić information content (AvgIpc) is 2.29. The molecule has 2 rings (SSSR count). The monoisotopic (exact) mass is 299 g/mol. The maximum Gasteiger partial charge on any atom is 0.127 e. The number of nitrogens with one attached hydrogen (secondary N) is 1. The molecule has 4 heteroatoms. The third kappa shape index (κ3) is 2.64. The number of fused-ring (bicyclic) bond motifs is 1. The molecule has 1 aliphatic heterocycles. The predicted molar refractivity (Wildman–Crippen MR) is 71.2 cm³/mol. The maximum atomic E-state index is 5.83. The summed E-state index contributed by atoms with van der Waals surface area (Å²) in [6.45, 7) is 5.09. The minimum Gasteiger partial charge on any atom is -0.493 e. The molecule has 1 N–H and O–H groups in total. The number of halogens is 1. The first kappa shape index (κ1) is 12.9. The highest BCUT2D eigenvalue weighted by atomic mass is 79.9. The Balaban J connectivity index is 2.46. The third-order valence-electron chi connectivity index (χ3n) is 3.02. The van der Waals surface area contributed by atoms with Crippen molar-refractivity contribution in [3.63, 3.8) is 0 Å². The number of hydrogen-bond acceptors (Lipinski definition) is 3. The van der Waals surface area contributed by atoms with Crippen molar-refractivity contribution in [2.75, 3.05) is 13.7 Å². The van der Waals surface area contributed by atoms with Gasteiger partial charge >= 0.3 is 0 Å². The van der Waals surface area contributed by atoms with E-state index in [0.717, 1.165) is 23.2 Å². The van der Waals surface area contributed by atoms with E-state index in [-0.39, 0.29) is 6.04 Å². The molecule has 0 amide bonds. The number of benzene rings is 1. The summed E-state index contributed by atoms with van der Waals surface area (Å²) < 4.78 is 6.92. The Labute approximate surface area is 111 Å². The number of hydrogen-bond donors (Lipinski definition) is 1. The quantitative estimate of drug-likeness (QED) is 0.866. The largest absolute Gasteiger partial charge is 0.493 e. The van der Waals surface area contributed by atoms with Crippen molar-refractivity contribution in [1.82, 2.24) is 5.48 Å². The highest BCUT2D eigenvalue weighted by Crippen LogP contribution is 2.40. The molecule has 3 nitrogen and oxygen atoms in total. The van der Waals surface area contributed by atoms with Crippen LogP contribution in [0.4, 0.5) is 0 Å². The Kier molecular flexibility index (Phi) is 4.07. The van der Waals surface area contributed by atoms with E-state index in [1.807, 2.05) is 0 Å². The number of ether oxygens (including phenoxy) is 1. The van der Waals surface area contributed by atoms with Crippen LogP contribution in [-0.4, -0.2) is 13.7 Å². The Hall–Kier alpha value is -0.580. The van der Waals surface area contributed by atoms with Crippen molar-refractivity contribution in [3.05, 3.63) is 27.7 Å². The van der Waals surface area contributed by atoms with Gasteiger partial charge in [-0.15, -0.1) is 0 Å². The predicted octanol–water partition coefficient (Wildman–Crippen LogP) is 3.55. The van der Waals surface area contributed by atoms with Gasteiger partial charge in [0.05, 0.1) is 19.8 Å². The van der Waals surface area contributed by atoms with Gasteiger partial charge in [-0.3, -0.25) is 0 Å². The van der Waals surface area contributed by atoms with E-state index < -0.39 is 0 Å². The molecule has 0 aromatic heterocycles. The van der Waals surface area contributed by atoms with Gasteiger partial charge in [-0.1, -0.05) is 29.8 Å². The molecule has 0 saturated heterocycles. The first-order valence-electron chi connectivity index (χ1n) is 5.88. The summed E-state index contributed by atoms with van der Waals surface area (Å²) in [5, 5.41) is 0. The second-order valence-corrected chi connectivity index (χ2v) is 5.50. The summed E-state index contributed by atoms with van der Waals surface area (Å²) in [5.41, 5.74) is 5.46. The number of hydroxylamine groups is 1. The molecular formula is C13H18BrNO2. The average molecular weight is 300 g/mol. The van der Waals surface area contributed by atoms with Crippen molar-refractivity contribution in [2.45, 2.75) is 32.2 Å². The van der Waals surface area contributed by atoms with Gasteiger partial charge in [0.25, 0.3) is 0 Å². The maximum absolute atomic E-state index is 5.83. The molecule has 0 spiro atoms. The van der Waals surface area contributed by atoms with E-state index in [0.29, 0.717) is 5.92 Å². The second-order valence-electron chi connectivity index (χ2n) is 4.58. The molecule has 0 fully saturated rings. The van der Waals surface area contributed by atoms with Crippen LogP contribution < -0.4 is 10.2 Å². The molecular weight excluding hydrogens is 282 g/mol. The summed E-state index contributed by atoms with van der Waals surface area (Å²) in [4.78, 5) is 5.06. The molecule has 1 aromatic rings. The van der Waals surface area contributed by atoms with Crippen LogP contribution in [0, 0.1) is 0 Å². The summed E-state index contributed by atoms with van der Waals surface area (Å²) in [6.07, 6.45) is 0.925. The van der Waals surface area contributed by atoms with Crippen LogP contribution in [-0.2, 0) is 4.84 Å². The molecule has 1 heterocycles. The Morgan fingerprint density at radius 1 is 1.47 bits per heavy atom. The van der Waals surface area contributed by atoms with Crippen molar-refractivity contribution >= 4 is 15.9 Å². The van der Waals surface area contributed by atoms with E-state index in [1.165, 1.54) is 11.1 Å². The lowest BCUT2D eigenvalue weighted by atomic mass is 9.93. The molecule has 0 saturated carbocycles. The van der Waals surface area contributed by atoms with Crippen LogP contribution in [0.2, 0.25) is 0 Å². The van der Waals surface area contributed by atoms with Gasteiger partial charge in [0.15, 0.2) is 0 Å². The molecule has 0 aliphatic carbocycles. The minimum atomic E-state index is 0.207. The van der Waals surface area contributed by atoms with E-state index in [9.17, 15) is 0 Å². The lowest BCUT2D eigenvalue weighted by molar-refractivity contribution is 0.0460. The van der Waals surface area contributed by atoms with Crippen LogP contribution in [0.3, 0.4) is 0 Å². The van der Waals surface area contributed by atoms with Crippen molar-refractivity contribution in [2.24, 2.45) is 0 Å². The SMILES string of the molecule is CONC1CCOc2c(C(C)C)cc(Br)cc21. The first-order chi connectivity index (χ1) is 8.13. The molecule has 1 atom stereocenters. The summed E-state index contributed by atoms with van der Waals surface area (Å²) in [7, 11) is 1.65. The molecule has 0 bridgehead atoms. The van der Waals surface area contributed by atoms with Gasteiger partial charge in [-0.2, -0.15) is 5.48 Å². The molecule has 0 radical (unpaired) electrons. The second kappa shape index (κ2) is 5.38. The highest BCUT2D eigenvalue weighted by Gasteiger charge is 2.25. The van der Waals surface area contributed by atoms with Crippen molar-refractivity contribution in [1.29, 1.82) is 0 Å². The van der Waals surface area contributed by atoms with Crippen molar-refractivity contribution in [3.8, 4) is 5.75 Å². The molecule has 94 valence electrons. The van der Waals surface area contributed by atoms with Crippen molar-refractivity contribution < 1.29 is 9.57 Å². The zero-order valence-corrected chi connectivity index (χ0v) is 12.0. The third-order valence-corrected chi connectivity index (χ3v) is 3.48. The lowest BCUT2D eigenvalue weighted by Gasteiger charge is -2.29. The zero-order valence-electron chi connectivity index (χ0n) is 10.4. The zero-order chi connectivity index (χ0) is 12.4. The topological polar surface area (TPSA) is 30.5 Å². The highest BCUT2D eigenvalue weighted by molar-refractivity contribution is 9.10. The van der Waals surface area contributed by atoms with Gasteiger partial charge < -0.3 is 9.57 Å². The summed E-state index contributed by atoms with van der Waals surface area (Å²) in [5.74, 6) is 1.46. The van der Waals surface area contributed by atoms with Gasteiger partial charge in [-0.25, -0.2) is 0 Å². The molecule has 1 unspecified atom stereocenters. The molecule has 1 aliphatic rings. The lowest BCUT2D eigenvalue weighted by Crippen LogP contribution is -2.27. The number of rotatable bonds is 3. The molecule has 17 heavy (non-hydrogen) atoms. The van der Waals surface area contributed by atoms with E-state index in [4.69, 9.17) is 9.57 Å². The van der Waals surface area contributed by atoms with Crippen LogP contribution in [0.15, 0.2) is 16.6 Å². The van der Waals surface area contributed by atoms with Crippen LogP contribution in [0.25, 0.3) is 0 Å². The Morgan fingerprint density at radius 2 is 2.24 bits per heavy atom. The molecule has 1 aromatic carbocycles.